The number of hydrazone groups is 1. The summed E-state index contributed by atoms with van der Waals surface area (Å²) in [6.07, 6.45) is 3.21. The fraction of sp³-hybridized carbons (Fsp3) is 0.0833. The van der Waals surface area contributed by atoms with Gasteiger partial charge in [0.05, 0.1) is 18.0 Å². The van der Waals surface area contributed by atoms with Crippen LogP contribution in [-0.4, -0.2) is 17.9 Å². The highest BCUT2D eigenvalue weighted by Gasteiger charge is 2.22. The van der Waals surface area contributed by atoms with Crippen molar-refractivity contribution in [3.8, 4) is 11.1 Å². The minimum atomic E-state index is -0.234. The van der Waals surface area contributed by atoms with E-state index in [9.17, 15) is 4.79 Å². The van der Waals surface area contributed by atoms with Gasteiger partial charge in [-0.3, -0.25) is 4.79 Å². The Morgan fingerprint density at radius 2 is 1.87 bits per heavy atom. The van der Waals surface area contributed by atoms with E-state index < -0.39 is 0 Å². The summed E-state index contributed by atoms with van der Waals surface area (Å²) in [6.45, 7) is 2.07. The molecule has 31 heavy (non-hydrogen) atoms. The van der Waals surface area contributed by atoms with Crippen molar-refractivity contribution in [3.63, 3.8) is 0 Å². The standard InChI is InChI=1S/C24H21N3O2S.ClH/c1-2-30-21-13-18(15-29-21)22-20-11-7-6-8-16(20)12-17(14-26-25)23(22)24(28)27-19-9-4-3-5-10-19;/h3-15H,2,25H2,1H3,(H,27,28);1H/b26-14+;. The molecule has 0 fully saturated rings. The van der Waals surface area contributed by atoms with Crippen molar-refractivity contribution in [2.45, 2.75) is 12.0 Å². The number of nitrogens with zero attached hydrogens (tertiary/aromatic N) is 1. The molecule has 0 aliphatic carbocycles. The number of carbonyl (C=O) groups excluding carboxylic acids is 1. The molecular weight excluding hydrogens is 430 g/mol. The zero-order valence-electron chi connectivity index (χ0n) is 16.9. The van der Waals surface area contributed by atoms with Gasteiger partial charge in [-0.25, -0.2) is 0 Å². The summed E-state index contributed by atoms with van der Waals surface area (Å²) in [4.78, 5) is 13.4. The number of halogens is 1. The number of furan rings is 1. The van der Waals surface area contributed by atoms with E-state index in [2.05, 4.69) is 17.3 Å². The monoisotopic (exact) mass is 451 g/mol. The van der Waals surface area contributed by atoms with Crippen molar-refractivity contribution in [1.29, 1.82) is 0 Å². The van der Waals surface area contributed by atoms with Crippen LogP contribution in [0.2, 0.25) is 0 Å². The maximum Gasteiger partial charge on any atom is 0.256 e. The van der Waals surface area contributed by atoms with Gasteiger partial charge >= 0.3 is 0 Å². The lowest BCUT2D eigenvalue weighted by Crippen LogP contribution is -2.16. The molecule has 1 heterocycles. The van der Waals surface area contributed by atoms with Gasteiger partial charge in [-0.2, -0.15) is 5.10 Å². The van der Waals surface area contributed by atoms with E-state index in [4.69, 9.17) is 10.3 Å². The van der Waals surface area contributed by atoms with Crippen LogP contribution in [0.3, 0.4) is 0 Å². The highest BCUT2D eigenvalue weighted by molar-refractivity contribution is 7.99. The highest BCUT2D eigenvalue weighted by atomic mass is 35.5. The van der Waals surface area contributed by atoms with Gasteiger partial charge in [-0.05, 0) is 40.8 Å². The lowest BCUT2D eigenvalue weighted by Gasteiger charge is -2.15. The molecule has 0 unspecified atom stereocenters. The summed E-state index contributed by atoms with van der Waals surface area (Å²) in [5.74, 6) is 6.14. The summed E-state index contributed by atoms with van der Waals surface area (Å²) in [7, 11) is 0. The molecule has 0 radical (unpaired) electrons. The van der Waals surface area contributed by atoms with Crippen LogP contribution in [0.25, 0.3) is 21.9 Å². The van der Waals surface area contributed by atoms with Crippen LogP contribution in [0.5, 0.6) is 0 Å². The van der Waals surface area contributed by atoms with E-state index in [-0.39, 0.29) is 18.3 Å². The molecule has 3 aromatic carbocycles. The van der Waals surface area contributed by atoms with Crippen molar-refractivity contribution in [1.82, 2.24) is 0 Å². The molecule has 4 rings (SSSR count). The SMILES string of the molecule is CCSc1cc(-c2c(C(=O)Nc3ccccc3)c(/C=N/N)cc3ccccc23)co1.Cl. The predicted octanol–water partition coefficient (Wildman–Crippen LogP) is 6.18. The zero-order chi connectivity index (χ0) is 20.9. The Balaban J connectivity index is 0.00000272. The number of amides is 1. The lowest BCUT2D eigenvalue weighted by molar-refractivity contribution is 0.102. The maximum atomic E-state index is 13.4. The Morgan fingerprint density at radius 1 is 1.13 bits per heavy atom. The first-order chi connectivity index (χ1) is 14.7. The molecule has 1 aromatic heterocycles. The van der Waals surface area contributed by atoms with Crippen LogP contribution >= 0.6 is 24.2 Å². The third-order valence-corrected chi connectivity index (χ3v) is 5.49. The first-order valence-corrected chi connectivity index (χ1v) is 10.6. The van der Waals surface area contributed by atoms with Gasteiger partial charge in [0.15, 0.2) is 5.09 Å². The molecule has 4 aromatic rings. The molecule has 0 saturated carbocycles. The van der Waals surface area contributed by atoms with Gasteiger partial charge in [0.1, 0.15) is 0 Å². The van der Waals surface area contributed by atoms with E-state index in [1.807, 2.05) is 66.7 Å². The summed E-state index contributed by atoms with van der Waals surface area (Å²) in [6, 6.07) is 21.2. The van der Waals surface area contributed by atoms with E-state index in [0.29, 0.717) is 16.8 Å². The second-order valence-corrected chi connectivity index (χ2v) is 7.89. The number of fused-ring (bicyclic) bond motifs is 1. The Kier molecular flexibility index (Phi) is 7.39. The first kappa shape index (κ1) is 22.5. The van der Waals surface area contributed by atoms with E-state index in [1.54, 1.807) is 18.0 Å². The third-order valence-electron chi connectivity index (χ3n) is 4.70. The Morgan fingerprint density at radius 3 is 2.61 bits per heavy atom. The molecule has 0 bridgehead atoms. The van der Waals surface area contributed by atoms with Crippen LogP contribution in [0.1, 0.15) is 22.8 Å². The topological polar surface area (TPSA) is 80.6 Å². The second kappa shape index (κ2) is 10.2. The maximum absolute atomic E-state index is 13.4. The van der Waals surface area contributed by atoms with Crippen LogP contribution in [0.4, 0.5) is 5.69 Å². The molecule has 158 valence electrons. The quantitative estimate of drug-likeness (QED) is 0.159. The van der Waals surface area contributed by atoms with Crippen LogP contribution in [0.15, 0.2) is 87.6 Å². The molecule has 1 amide bonds. The second-order valence-electron chi connectivity index (χ2n) is 6.62. The molecule has 0 aliphatic rings. The average molecular weight is 452 g/mol. The Labute approximate surface area is 191 Å². The molecule has 7 heteroatoms. The minimum absolute atomic E-state index is 0. The number of para-hydroxylation sites is 1. The molecule has 0 spiro atoms. The van der Waals surface area contributed by atoms with E-state index >= 15 is 0 Å². The van der Waals surface area contributed by atoms with Crippen molar-refractivity contribution < 1.29 is 9.21 Å². The van der Waals surface area contributed by atoms with Crippen molar-refractivity contribution in [3.05, 3.63) is 84.1 Å². The number of rotatable bonds is 6. The molecule has 0 atom stereocenters. The number of nitrogens with two attached hydrogens (primary N) is 1. The molecule has 5 nitrogen and oxygen atoms in total. The number of thioether (sulfide) groups is 1. The van der Waals surface area contributed by atoms with Crippen molar-refractivity contribution >= 4 is 52.8 Å². The van der Waals surface area contributed by atoms with E-state index in [1.165, 1.54) is 6.21 Å². The van der Waals surface area contributed by atoms with E-state index in [0.717, 1.165) is 32.7 Å². The van der Waals surface area contributed by atoms with Gasteiger partial charge in [0.25, 0.3) is 5.91 Å². The molecular formula is C24H22ClN3O2S. The summed E-state index contributed by atoms with van der Waals surface area (Å²) >= 11 is 1.61. The lowest BCUT2D eigenvalue weighted by atomic mass is 9.90. The molecule has 0 saturated heterocycles. The van der Waals surface area contributed by atoms with Crippen LogP contribution < -0.4 is 11.2 Å². The zero-order valence-corrected chi connectivity index (χ0v) is 18.5. The van der Waals surface area contributed by atoms with Crippen LogP contribution in [-0.2, 0) is 0 Å². The van der Waals surface area contributed by atoms with Crippen LogP contribution in [0, 0.1) is 0 Å². The smallest absolute Gasteiger partial charge is 0.256 e. The van der Waals surface area contributed by atoms with Crippen molar-refractivity contribution in [2.75, 3.05) is 11.1 Å². The van der Waals surface area contributed by atoms with Gasteiger partial charge in [-0.15, -0.1) is 12.4 Å². The van der Waals surface area contributed by atoms with Gasteiger partial charge in [0, 0.05) is 22.4 Å². The van der Waals surface area contributed by atoms with Crippen molar-refractivity contribution in [2.24, 2.45) is 10.9 Å². The first-order valence-electron chi connectivity index (χ1n) is 9.58. The summed E-state index contributed by atoms with van der Waals surface area (Å²) in [5.41, 5.74) is 3.49. The summed E-state index contributed by atoms with van der Waals surface area (Å²) in [5, 5.41) is 9.44. The number of anilines is 1. The highest BCUT2D eigenvalue weighted by Crippen LogP contribution is 2.37. The number of hydrogen-bond acceptors (Lipinski definition) is 5. The molecule has 3 N–H and O–H groups in total. The van der Waals surface area contributed by atoms with Gasteiger partial charge < -0.3 is 15.6 Å². The Bertz CT molecular complexity index is 1220. The van der Waals surface area contributed by atoms with Gasteiger partial charge in [0.2, 0.25) is 0 Å². The van der Waals surface area contributed by atoms with Gasteiger partial charge in [-0.1, -0.05) is 61.2 Å². The largest absolute Gasteiger partial charge is 0.457 e. The fourth-order valence-corrected chi connectivity index (χ4v) is 4.09. The average Bonchev–Trinajstić information content (AvgIpc) is 3.22. The number of hydrogen-bond donors (Lipinski definition) is 2. The molecule has 0 aliphatic heterocycles. The minimum Gasteiger partial charge on any atom is -0.457 e. The summed E-state index contributed by atoms with van der Waals surface area (Å²) < 4.78 is 5.73. The number of benzene rings is 3. The number of carbonyl (C=O) groups is 1. The predicted molar refractivity (Wildman–Crippen MR) is 131 cm³/mol. The normalized spacial score (nSPS) is 10.9. The third kappa shape index (κ3) is 4.76. The number of nitrogens with one attached hydrogen (secondary N) is 1. The Hall–Kier alpha value is -3.22. The fourth-order valence-electron chi connectivity index (χ4n) is 3.48.